The molecule has 1 saturated heterocycles. The van der Waals surface area contributed by atoms with Crippen molar-refractivity contribution in [3.63, 3.8) is 0 Å². The van der Waals surface area contributed by atoms with Crippen molar-refractivity contribution in [1.82, 2.24) is 0 Å². The Hall–Kier alpha value is -0.770. The minimum Gasteiger partial charge on any atom is -0.495 e. The van der Waals surface area contributed by atoms with Crippen LogP contribution < -0.4 is 10.5 Å². The molecule has 0 amide bonds. The van der Waals surface area contributed by atoms with Crippen LogP contribution in [0, 0.1) is 5.92 Å². The lowest BCUT2D eigenvalue weighted by atomic mass is 9.93. The predicted molar refractivity (Wildman–Crippen MR) is 68.5 cm³/mol. The molecule has 0 aromatic heterocycles. The molecule has 17 heavy (non-hydrogen) atoms. The van der Waals surface area contributed by atoms with E-state index in [0.717, 1.165) is 18.6 Å². The summed E-state index contributed by atoms with van der Waals surface area (Å²) >= 11 is 6.10. The van der Waals surface area contributed by atoms with Gasteiger partial charge in [-0.05, 0) is 30.0 Å². The summed E-state index contributed by atoms with van der Waals surface area (Å²) in [6.45, 7) is 2.96. The third-order valence-corrected chi connectivity index (χ3v) is 3.65. The van der Waals surface area contributed by atoms with E-state index in [1.807, 2.05) is 18.2 Å². The zero-order valence-electron chi connectivity index (χ0n) is 10.2. The highest BCUT2D eigenvalue weighted by molar-refractivity contribution is 6.32. The van der Waals surface area contributed by atoms with Gasteiger partial charge in [0.1, 0.15) is 5.75 Å². The van der Waals surface area contributed by atoms with Crippen LogP contribution in [-0.2, 0) is 4.74 Å². The Morgan fingerprint density at radius 3 is 2.82 bits per heavy atom. The average molecular weight is 256 g/mol. The van der Waals surface area contributed by atoms with Gasteiger partial charge in [0.25, 0.3) is 0 Å². The maximum Gasteiger partial charge on any atom is 0.137 e. The normalized spacial score (nSPS) is 25.9. The van der Waals surface area contributed by atoms with E-state index in [1.165, 1.54) is 0 Å². The zero-order chi connectivity index (χ0) is 12.4. The standard InChI is InChI=1S/C13H18ClNO2/c1-8-5-6-17-13(8)12(15)9-3-4-11(16-2)10(14)7-9/h3-4,7-8,12-13H,5-6,15H2,1-2H3. The van der Waals surface area contributed by atoms with Crippen LogP contribution in [0.1, 0.15) is 24.9 Å². The van der Waals surface area contributed by atoms with Crippen molar-refractivity contribution in [3.05, 3.63) is 28.8 Å². The Kier molecular flexibility index (Phi) is 3.92. The summed E-state index contributed by atoms with van der Waals surface area (Å²) in [4.78, 5) is 0. The first-order valence-corrected chi connectivity index (χ1v) is 6.22. The smallest absolute Gasteiger partial charge is 0.137 e. The van der Waals surface area contributed by atoms with Crippen molar-refractivity contribution in [2.45, 2.75) is 25.5 Å². The molecule has 3 nitrogen and oxygen atoms in total. The van der Waals surface area contributed by atoms with Gasteiger partial charge in [0.15, 0.2) is 0 Å². The average Bonchev–Trinajstić information content (AvgIpc) is 2.74. The fourth-order valence-electron chi connectivity index (χ4n) is 2.26. The molecule has 0 radical (unpaired) electrons. The third-order valence-electron chi connectivity index (χ3n) is 3.36. The second-order valence-electron chi connectivity index (χ2n) is 4.52. The molecule has 3 unspecified atom stereocenters. The van der Waals surface area contributed by atoms with Crippen molar-refractivity contribution >= 4 is 11.6 Å². The van der Waals surface area contributed by atoms with E-state index in [-0.39, 0.29) is 12.1 Å². The van der Waals surface area contributed by atoms with E-state index in [4.69, 9.17) is 26.8 Å². The summed E-state index contributed by atoms with van der Waals surface area (Å²) in [5, 5.41) is 0.589. The van der Waals surface area contributed by atoms with Gasteiger partial charge < -0.3 is 15.2 Å². The van der Waals surface area contributed by atoms with Gasteiger partial charge in [-0.25, -0.2) is 0 Å². The molecule has 0 saturated carbocycles. The number of hydrogen-bond donors (Lipinski definition) is 1. The fraction of sp³-hybridized carbons (Fsp3) is 0.538. The minimum absolute atomic E-state index is 0.0828. The Labute approximate surface area is 107 Å². The predicted octanol–water partition coefficient (Wildman–Crippen LogP) is 2.77. The lowest BCUT2D eigenvalue weighted by Crippen LogP contribution is -2.29. The molecule has 0 aliphatic carbocycles. The van der Waals surface area contributed by atoms with Gasteiger partial charge in [0, 0.05) is 6.61 Å². The molecule has 1 heterocycles. The molecular formula is C13H18ClNO2. The SMILES string of the molecule is COc1ccc(C(N)C2OCCC2C)cc1Cl. The molecule has 1 aliphatic heterocycles. The molecule has 1 fully saturated rings. The molecule has 0 bridgehead atoms. The van der Waals surface area contributed by atoms with Crippen LogP contribution in [0.25, 0.3) is 0 Å². The maximum atomic E-state index is 6.23. The summed E-state index contributed by atoms with van der Waals surface area (Å²) in [7, 11) is 1.60. The molecule has 1 aromatic carbocycles. The van der Waals surface area contributed by atoms with Crippen molar-refractivity contribution in [2.24, 2.45) is 11.7 Å². The van der Waals surface area contributed by atoms with Gasteiger partial charge in [-0.15, -0.1) is 0 Å². The van der Waals surface area contributed by atoms with E-state index >= 15 is 0 Å². The Morgan fingerprint density at radius 2 is 2.29 bits per heavy atom. The van der Waals surface area contributed by atoms with Gasteiger partial charge in [-0.3, -0.25) is 0 Å². The molecule has 3 atom stereocenters. The molecule has 4 heteroatoms. The number of methoxy groups -OCH3 is 1. The Balaban J connectivity index is 2.19. The maximum absolute atomic E-state index is 6.23. The van der Waals surface area contributed by atoms with Crippen molar-refractivity contribution in [1.29, 1.82) is 0 Å². The first-order chi connectivity index (χ1) is 8.13. The fourth-order valence-corrected chi connectivity index (χ4v) is 2.52. The summed E-state index contributed by atoms with van der Waals surface area (Å²) in [6.07, 6.45) is 1.15. The minimum atomic E-state index is -0.129. The highest BCUT2D eigenvalue weighted by Crippen LogP contribution is 2.33. The summed E-state index contributed by atoms with van der Waals surface area (Å²) in [5.74, 6) is 1.16. The van der Waals surface area contributed by atoms with Gasteiger partial charge in [0.2, 0.25) is 0 Å². The molecule has 0 spiro atoms. The number of hydrogen-bond acceptors (Lipinski definition) is 3. The first kappa shape index (κ1) is 12.7. The number of benzene rings is 1. The first-order valence-electron chi connectivity index (χ1n) is 5.84. The monoisotopic (exact) mass is 255 g/mol. The van der Waals surface area contributed by atoms with Crippen LogP contribution in [0.5, 0.6) is 5.75 Å². The van der Waals surface area contributed by atoms with E-state index < -0.39 is 0 Å². The topological polar surface area (TPSA) is 44.5 Å². The summed E-state index contributed by atoms with van der Waals surface area (Å²) in [5.41, 5.74) is 7.22. The molecule has 1 aromatic rings. The van der Waals surface area contributed by atoms with Crippen LogP contribution in [-0.4, -0.2) is 19.8 Å². The van der Waals surface area contributed by atoms with Crippen LogP contribution in [0.2, 0.25) is 5.02 Å². The number of nitrogens with two attached hydrogens (primary N) is 1. The number of ether oxygens (including phenoxy) is 2. The van der Waals surface area contributed by atoms with Crippen LogP contribution >= 0.6 is 11.6 Å². The third kappa shape index (κ3) is 2.57. The molecular weight excluding hydrogens is 238 g/mol. The van der Waals surface area contributed by atoms with Crippen molar-refractivity contribution in [2.75, 3.05) is 13.7 Å². The molecule has 94 valence electrons. The van der Waals surface area contributed by atoms with Crippen LogP contribution in [0.4, 0.5) is 0 Å². The molecule has 1 aliphatic rings. The lowest BCUT2D eigenvalue weighted by Gasteiger charge is -2.23. The molecule has 2 rings (SSSR count). The van der Waals surface area contributed by atoms with E-state index in [9.17, 15) is 0 Å². The van der Waals surface area contributed by atoms with Crippen molar-refractivity contribution < 1.29 is 9.47 Å². The van der Waals surface area contributed by atoms with E-state index in [0.29, 0.717) is 16.7 Å². The second-order valence-corrected chi connectivity index (χ2v) is 4.93. The quantitative estimate of drug-likeness (QED) is 0.903. The number of rotatable bonds is 3. The second kappa shape index (κ2) is 5.25. The van der Waals surface area contributed by atoms with Gasteiger partial charge in [-0.1, -0.05) is 24.6 Å². The van der Waals surface area contributed by atoms with Gasteiger partial charge in [0.05, 0.1) is 24.3 Å². The number of halogens is 1. The zero-order valence-corrected chi connectivity index (χ0v) is 10.9. The highest BCUT2D eigenvalue weighted by Gasteiger charge is 2.30. The molecule has 2 N–H and O–H groups in total. The van der Waals surface area contributed by atoms with Gasteiger partial charge in [-0.2, -0.15) is 0 Å². The van der Waals surface area contributed by atoms with Crippen LogP contribution in [0.15, 0.2) is 18.2 Å². The lowest BCUT2D eigenvalue weighted by molar-refractivity contribution is 0.0725. The van der Waals surface area contributed by atoms with Crippen LogP contribution in [0.3, 0.4) is 0 Å². The van der Waals surface area contributed by atoms with E-state index in [2.05, 4.69) is 6.92 Å². The summed E-state index contributed by atoms with van der Waals surface area (Å²) < 4.78 is 10.8. The highest BCUT2D eigenvalue weighted by atomic mass is 35.5. The van der Waals surface area contributed by atoms with Gasteiger partial charge >= 0.3 is 0 Å². The Bertz CT molecular complexity index is 397. The van der Waals surface area contributed by atoms with Crippen molar-refractivity contribution in [3.8, 4) is 5.75 Å². The largest absolute Gasteiger partial charge is 0.495 e. The Morgan fingerprint density at radius 1 is 1.53 bits per heavy atom. The van der Waals surface area contributed by atoms with E-state index in [1.54, 1.807) is 7.11 Å². The summed E-state index contributed by atoms with van der Waals surface area (Å²) in [6, 6.07) is 5.52.